The molecule has 3 heterocycles. The number of hydrogen-bond donors (Lipinski definition) is 0. The van der Waals surface area contributed by atoms with Crippen molar-refractivity contribution in [2.45, 2.75) is 38.4 Å². The maximum atomic E-state index is 11.6. The molecule has 0 aliphatic carbocycles. The van der Waals surface area contributed by atoms with E-state index in [1.54, 1.807) is 6.92 Å². The van der Waals surface area contributed by atoms with Gasteiger partial charge in [-0.25, -0.2) is 0 Å². The highest BCUT2D eigenvalue weighted by Crippen LogP contribution is 2.61. The summed E-state index contributed by atoms with van der Waals surface area (Å²) in [4.78, 5) is 23.1. The molecule has 4 atom stereocenters. The molecule has 0 saturated carbocycles. The van der Waals surface area contributed by atoms with Crippen molar-refractivity contribution >= 4 is 11.9 Å². The first-order chi connectivity index (χ1) is 6.48. The van der Waals surface area contributed by atoms with Gasteiger partial charge in [-0.3, -0.25) is 9.59 Å². The molecule has 0 amide bonds. The fourth-order valence-corrected chi connectivity index (χ4v) is 3.32. The molecule has 0 aromatic heterocycles. The summed E-state index contributed by atoms with van der Waals surface area (Å²) in [5, 5.41) is 0. The highest BCUT2D eigenvalue weighted by molar-refractivity contribution is 6.00. The number of cyclic esters (lactones) is 2. The minimum atomic E-state index is -0.718. The van der Waals surface area contributed by atoms with Crippen LogP contribution in [-0.2, 0) is 19.1 Å². The van der Waals surface area contributed by atoms with Crippen LogP contribution >= 0.6 is 0 Å². The number of rotatable bonds is 0. The molecule has 4 nitrogen and oxygen atoms in total. The average molecular weight is 196 g/mol. The van der Waals surface area contributed by atoms with Crippen molar-refractivity contribution in [1.82, 2.24) is 0 Å². The molecule has 3 aliphatic rings. The van der Waals surface area contributed by atoms with Gasteiger partial charge in [0, 0.05) is 0 Å². The van der Waals surface area contributed by atoms with Crippen LogP contribution in [0.1, 0.15) is 26.7 Å². The van der Waals surface area contributed by atoms with Crippen molar-refractivity contribution in [1.29, 1.82) is 0 Å². The van der Waals surface area contributed by atoms with E-state index in [4.69, 9.17) is 9.47 Å². The summed E-state index contributed by atoms with van der Waals surface area (Å²) < 4.78 is 10.5. The summed E-state index contributed by atoms with van der Waals surface area (Å²) >= 11 is 0. The van der Waals surface area contributed by atoms with E-state index in [0.29, 0.717) is 0 Å². The zero-order valence-electron chi connectivity index (χ0n) is 8.20. The Balaban J connectivity index is 2.16. The zero-order valence-corrected chi connectivity index (χ0v) is 8.20. The van der Waals surface area contributed by atoms with Crippen LogP contribution in [0, 0.1) is 11.3 Å². The first-order valence-corrected chi connectivity index (χ1v) is 4.92. The molecule has 3 aliphatic heterocycles. The molecule has 2 bridgehead atoms. The Bertz CT molecular complexity index is 350. The second-order valence-electron chi connectivity index (χ2n) is 4.88. The molecule has 0 aromatic carbocycles. The molecule has 0 radical (unpaired) electrons. The molecule has 76 valence electrons. The Morgan fingerprint density at radius 1 is 1.36 bits per heavy atom. The van der Waals surface area contributed by atoms with Gasteiger partial charge in [-0.05, 0) is 26.7 Å². The average Bonchev–Trinajstić information content (AvgIpc) is 2.62. The van der Waals surface area contributed by atoms with Crippen molar-refractivity contribution in [3.63, 3.8) is 0 Å². The van der Waals surface area contributed by atoms with E-state index in [0.717, 1.165) is 12.8 Å². The third-order valence-electron chi connectivity index (χ3n) is 4.06. The quantitative estimate of drug-likeness (QED) is 0.421. The molecular weight excluding hydrogens is 184 g/mol. The lowest BCUT2D eigenvalue weighted by Crippen LogP contribution is -2.44. The van der Waals surface area contributed by atoms with Gasteiger partial charge in [0.15, 0.2) is 0 Å². The van der Waals surface area contributed by atoms with Crippen molar-refractivity contribution in [3.8, 4) is 0 Å². The van der Waals surface area contributed by atoms with E-state index >= 15 is 0 Å². The summed E-state index contributed by atoms with van der Waals surface area (Å²) in [7, 11) is 0. The van der Waals surface area contributed by atoms with Gasteiger partial charge < -0.3 is 9.47 Å². The number of hydrogen-bond acceptors (Lipinski definition) is 4. The normalized spacial score (nSPS) is 55.0. The van der Waals surface area contributed by atoms with E-state index in [9.17, 15) is 9.59 Å². The van der Waals surface area contributed by atoms with Crippen molar-refractivity contribution < 1.29 is 19.1 Å². The van der Waals surface area contributed by atoms with Gasteiger partial charge in [0.1, 0.15) is 11.3 Å². The first kappa shape index (κ1) is 8.41. The standard InChI is InChI=1S/C10H12O4/c1-9-4-3-5(14-9)10(2)6(9)7(11)13-8(10)12/h5-6H,3-4H2,1-2H3/t5-,6-,9-,10+/m1/s1. The second kappa shape index (κ2) is 2.03. The van der Waals surface area contributed by atoms with Crippen molar-refractivity contribution in [2.75, 3.05) is 0 Å². The van der Waals surface area contributed by atoms with Crippen molar-refractivity contribution in [3.05, 3.63) is 0 Å². The smallest absolute Gasteiger partial charge is 0.323 e. The molecular formula is C10H12O4. The van der Waals surface area contributed by atoms with Crippen LogP contribution in [0.2, 0.25) is 0 Å². The number of ether oxygens (including phenoxy) is 2. The van der Waals surface area contributed by atoms with E-state index < -0.39 is 23.0 Å². The second-order valence-corrected chi connectivity index (χ2v) is 4.88. The zero-order chi connectivity index (χ0) is 10.1. The number of fused-ring (bicyclic) bond motifs is 5. The summed E-state index contributed by atoms with van der Waals surface area (Å²) in [6.07, 6.45) is 1.57. The number of carbonyl (C=O) groups excluding carboxylic acids is 2. The Hall–Kier alpha value is -0.900. The maximum absolute atomic E-state index is 11.6. The third-order valence-corrected chi connectivity index (χ3v) is 4.06. The van der Waals surface area contributed by atoms with Crippen LogP contribution < -0.4 is 0 Å². The number of carbonyl (C=O) groups is 2. The predicted octanol–water partition coefficient (Wildman–Crippen LogP) is 0.644. The summed E-state index contributed by atoms with van der Waals surface area (Å²) in [6, 6.07) is 0. The van der Waals surface area contributed by atoms with Crippen LogP contribution in [0.15, 0.2) is 0 Å². The Morgan fingerprint density at radius 2 is 2.07 bits per heavy atom. The minimum Gasteiger partial charge on any atom is -0.392 e. The molecule has 0 spiro atoms. The number of esters is 2. The fraction of sp³-hybridized carbons (Fsp3) is 0.800. The van der Waals surface area contributed by atoms with Gasteiger partial charge in [0.25, 0.3) is 0 Å². The van der Waals surface area contributed by atoms with Crippen LogP contribution in [0.3, 0.4) is 0 Å². The SMILES string of the molecule is C[C@@]12C(=O)OC(=O)[C@@H]1[C@@]1(C)CC[C@H]2O1. The van der Waals surface area contributed by atoms with Gasteiger partial charge in [0.05, 0.1) is 11.7 Å². The van der Waals surface area contributed by atoms with Gasteiger partial charge in [-0.2, -0.15) is 0 Å². The maximum Gasteiger partial charge on any atom is 0.323 e. The first-order valence-electron chi connectivity index (χ1n) is 4.92. The fourth-order valence-electron chi connectivity index (χ4n) is 3.32. The van der Waals surface area contributed by atoms with Crippen LogP contribution in [0.4, 0.5) is 0 Å². The lowest BCUT2D eigenvalue weighted by molar-refractivity contribution is -0.160. The minimum absolute atomic E-state index is 0.128. The lowest BCUT2D eigenvalue weighted by Gasteiger charge is -2.30. The largest absolute Gasteiger partial charge is 0.392 e. The molecule has 3 fully saturated rings. The molecule has 0 aromatic rings. The van der Waals surface area contributed by atoms with Crippen LogP contribution in [0.5, 0.6) is 0 Å². The summed E-state index contributed by atoms with van der Waals surface area (Å²) in [6.45, 7) is 3.70. The molecule has 0 N–H and O–H groups in total. The van der Waals surface area contributed by atoms with Gasteiger partial charge >= 0.3 is 11.9 Å². The summed E-state index contributed by atoms with van der Waals surface area (Å²) in [5.74, 6) is -1.19. The Morgan fingerprint density at radius 3 is 2.71 bits per heavy atom. The van der Waals surface area contributed by atoms with Crippen LogP contribution in [-0.4, -0.2) is 23.6 Å². The van der Waals surface area contributed by atoms with E-state index in [1.807, 2.05) is 6.92 Å². The highest BCUT2D eigenvalue weighted by Gasteiger charge is 2.73. The van der Waals surface area contributed by atoms with Gasteiger partial charge in [-0.15, -0.1) is 0 Å². The third kappa shape index (κ3) is 0.639. The highest BCUT2D eigenvalue weighted by atomic mass is 16.6. The van der Waals surface area contributed by atoms with Crippen LogP contribution in [0.25, 0.3) is 0 Å². The molecule has 0 unspecified atom stereocenters. The van der Waals surface area contributed by atoms with Crippen molar-refractivity contribution in [2.24, 2.45) is 11.3 Å². The molecule has 3 rings (SSSR count). The molecule has 4 heteroatoms. The molecule has 14 heavy (non-hydrogen) atoms. The lowest BCUT2D eigenvalue weighted by atomic mass is 9.64. The van der Waals surface area contributed by atoms with Gasteiger partial charge in [0.2, 0.25) is 0 Å². The van der Waals surface area contributed by atoms with E-state index in [1.165, 1.54) is 0 Å². The molecule has 3 saturated heterocycles. The monoisotopic (exact) mass is 196 g/mol. The van der Waals surface area contributed by atoms with E-state index in [-0.39, 0.29) is 12.0 Å². The Kier molecular flexibility index (Phi) is 1.22. The van der Waals surface area contributed by atoms with E-state index in [2.05, 4.69) is 0 Å². The Labute approximate surface area is 81.6 Å². The summed E-state index contributed by atoms with van der Waals surface area (Å²) in [5.41, 5.74) is -1.19. The van der Waals surface area contributed by atoms with Gasteiger partial charge in [-0.1, -0.05) is 0 Å². The predicted molar refractivity (Wildman–Crippen MR) is 45.2 cm³/mol. The topological polar surface area (TPSA) is 52.6 Å².